The summed E-state index contributed by atoms with van der Waals surface area (Å²) in [5.74, 6) is 0.638. The van der Waals surface area contributed by atoms with Crippen LogP contribution in [0.25, 0.3) is 0 Å². The minimum absolute atomic E-state index is 0.179. The first-order valence-electron chi connectivity index (χ1n) is 6.57. The molecule has 1 atom stereocenters. The van der Waals surface area contributed by atoms with Gasteiger partial charge in [-0.2, -0.15) is 5.10 Å². The van der Waals surface area contributed by atoms with Crippen molar-refractivity contribution in [1.82, 2.24) is 20.5 Å². The number of aryl methyl sites for hydroxylation is 1. The van der Waals surface area contributed by atoms with Gasteiger partial charge in [-0.15, -0.1) is 0 Å². The molecule has 106 valence electrons. The Kier molecular flexibility index (Phi) is 4.47. The van der Waals surface area contributed by atoms with E-state index in [1.807, 2.05) is 30.3 Å². The fourth-order valence-corrected chi connectivity index (χ4v) is 1.91. The Morgan fingerprint density at radius 1 is 1.40 bits per heavy atom. The molecule has 0 radical (unpaired) electrons. The number of rotatable bonds is 6. The first-order chi connectivity index (χ1) is 9.60. The first kappa shape index (κ1) is 14.2. The van der Waals surface area contributed by atoms with Crippen molar-refractivity contribution in [3.63, 3.8) is 0 Å². The molecule has 1 unspecified atom stereocenters. The molecule has 0 saturated carbocycles. The number of benzene rings is 1. The molecule has 0 aliphatic heterocycles. The molecule has 1 aromatic heterocycles. The van der Waals surface area contributed by atoms with Gasteiger partial charge < -0.3 is 11.1 Å². The van der Waals surface area contributed by atoms with Gasteiger partial charge in [0, 0.05) is 13.0 Å². The molecule has 1 amide bonds. The average molecular weight is 273 g/mol. The van der Waals surface area contributed by atoms with Crippen LogP contribution in [0, 0.1) is 0 Å². The van der Waals surface area contributed by atoms with E-state index in [0.29, 0.717) is 6.54 Å². The molecule has 0 spiro atoms. The monoisotopic (exact) mass is 273 g/mol. The third-order valence-electron chi connectivity index (χ3n) is 3.19. The number of amides is 1. The van der Waals surface area contributed by atoms with Gasteiger partial charge in [0.2, 0.25) is 5.91 Å². The summed E-state index contributed by atoms with van der Waals surface area (Å²) in [5, 5.41) is 9.41. The van der Waals surface area contributed by atoms with Gasteiger partial charge in [0.25, 0.3) is 0 Å². The number of nitrogens with two attached hydrogens (primary N) is 1. The summed E-state index contributed by atoms with van der Waals surface area (Å²) in [6, 6.07) is 9.35. The van der Waals surface area contributed by atoms with E-state index in [1.165, 1.54) is 6.33 Å². The summed E-state index contributed by atoms with van der Waals surface area (Å²) in [5.41, 5.74) is 5.90. The lowest BCUT2D eigenvalue weighted by Crippen LogP contribution is -2.49. The largest absolute Gasteiger partial charge is 0.354 e. The van der Waals surface area contributed by atoms with E-state index in [2.05, 4.69) is 20.5 Å². The third-order valence-corrected chi connectivity index (χ3v) is 3.19. The van der Waals surface area contributed by atoms with Crippen molar-refractivity contribution < 1.29 is 4.79 Å². The standard InChI is InChI=1S/C14H19N5O/c1-14(15,11-6-3-2-4-7-11)13(20)16-9-5-8-12-17-10-18-19-12/h2-4,6-7,10H,5,8-9,15H2,1H3,(H,16,20)(H,17,18,19). The van der Waals surface area contributed by atoms with E-state index in [9.17, 15) is 4.79 Å². The Morgan fingerprint density at radius 3 is 2.80 bits per heavy atom. The fraction of sp³-hybridized carbons (Fsp3) is 0.357. The SMILES string of the molecule is CC(N)(C(=O)NCCCc1ncn[nH]1)c1ccccc1. The van der Waals surface area contributed by atoms with Crippen molar-refractivity contribution in [3.8, 4) is 0 Å². The van der Waals surface area contributed by atoms with Gasteiger partial charge in [-0.25, -0.2) is 4.98 Å². The molecule has 20 heavy (non-hydrogen) atoms. The maximum Gasteiger partial charge on any atom is 0.244 e. The van der Waals surface area contributed by atoms with Crippen molar-refractivity contribution >= 4 is 5.91 Å². The number of nitrogens with zero attached hydrogens (tertiary/aromatic N) is 2. The smallest absolute Gasteiger partial charge is 0.244 e. The van der Waals surface area contributed by atoms with Crippen LogP contribution in [0.2, 0.25) is 0 Å². The van der Waals surface area contributed by atoms with Crippen molar-refractivity contribution in [2.45, 2.75) is 25.3 Å². The molecule has 2 aromatic rings. The number of aromatic nitrogens is 3. The lowest BCUT2D eigenvalue weighted by atomic mass is 9.92. The predicted octanol–water partition coefficient (Wildman–Crippen LogP) is 0.728. The summed E-state index contributed by atoms with van der Waals surface area (Å²) >= 11 is 0. The number of H-pyrrole nitrogens is 1. The molecule has 0 aliphatic rings. The summed E-state index contributed by atoms with van der Waals surface area (Å²) in [6.45, 7) is 2.27. The molecular formula is C14H19N5O. The number of hydrogen-bond donors (Lipinski definition) is 3. The quantitative estimate of drug-likeness (QED) is 0.676. The molecule has 2 rings (SSSR count). The highest BCUT2D eigenvalue weighted by Gasteiger charge is 2.29. The second kappa shape index (κ2) is 6.29. The number of carbonyl (C=O) groups is 1. The van der Waals surface area contributed by atoms with Gasteiger partial charge in [-0.05, 0) is 18.9 Å². The van der Waals surface area contributed by atoms with E-state index in [0.717, 1.165) is 24.2 Å². The Morgan fingerprint density at radius 2 is 2.15 bits per heavy atom. The van der Waals surface area contributed by atoms with E-state index in [4.69, 9.17) is 5.73 Å². The predicted molar refractivity (Wildman–Crippen MR) is 75.7 cm³/mol. The van der Waals surface area contributed by atoms with Crippen LogP contribution in [0.4, 0.5) is 0 Å². The van der Waals surface area contributed by atoms with Crippen LogP contribution in [0.5, 0.6) is 0 Å². The van der Waals surface area contributed by atoms with Crippen LogP contribution < -0.4 is 11.1 Å². The number of nitrogens with one attached hydrogen (secondary N) is 2. The topological polar surface area (TPSA) is 96.7 Å². The molecule has 0 saturated heterocycles. The van der Waals surface area contributed by atoms with E-state index in [-0.39, 0.29) is 5.91 Å². The molecule has 6 heteroatoms. The molecule has 4 N–H and O–H groups in total. The summed E-state index contributed by atoms with van der Waals surface area (Å²) in [4.78, 5) is 16.2. The lowest BCUT2D eigenvalue weighted by molar-refractivity contribution is -0.126. The Balaban J connectivity index is 1.82. The minimum atomic E-state index is -1.02. The zero-order valence-electron chi connectivity index (χ0n) is 11.5. The highest BCUT2D eigenvalue weighted by molar-refractivity contribution is 5.86. The second-order valence-electron chi connectivity index (χ2n) is 4.86. The van der Waals surface area contributed by atoms with Gasteiger partial charge in [0.15, 0.2) is 0 Å². The van der Waals surface area contributed by atoms with E-state index in [1.54, 1.807) is 6.92 Å². The number of hydrogen-bond acceptors (Lipinski definition) is 4. The Bertz CT molecular complexity index is 536. The zero-order valence-corrected chi connectivity index (χ0v) is 11.5. The average Bonchev–Trinajstić information content (AvgIpc) is 2.97. The Labute approximate surface area is 117 Å². The molecule has 6 nitrogen and oxygen atoms in total. The van der Waals surface area contributed by atoms with E-state index < -0.39 is 5.54 Å². The summed E-state index contributed by atoms with van der Waals surface area (Å²) < 4.78 is 0. The van der Waals surface area contributed by atoms with Gasteiger partial charge in [0.05, 0.1) is 0 Å². The first-order valence-corrected chi connectivity index (χ1v) is 6.57. The number of carbonyl (C=O) groups excluding carboxylic acids is 1. The van der Waals surface area contributed by atoms with Crippen LogP contribution in [0.15, 0.2) is 36.7 Å². The fourth-order valence-electron chi connectivity index (χ4n) is 1.91. The van der Waals surface area contributed by atoms with Crippen LogP contribution in [0.1, 0.15) is 24.7 Å². The van der Waals surface area contributed by atoms with Crippen LogP contribution in [-0.2, 0) is 16.8 Å². The number of aromatic amines is 1. The second-order valence-corrected chi connectivity index (χ2v) is 4.86. The third kappa shape index (κ3) is 3.42. The zero-order chi connectivity index (χ0) is 14.4. The van der Waals surface area contributed by atoms with Crippen LogP contribution in [0.3, 0.4) is 0 Å². The van der Waals surface area contributed by atoms with Crippen molar-refractivity contribution in [2.75, 3.05) is 6.54 Å². The maximum atomic E-state index is 12.2. The highest BCUT2D eigenvalue weighted by Crippen LogP contribution is 2.17. The van der Waals surface area contributed by atoms with Gasteiger partial charge in [0.1, 0.15) is 17.7 Å². The summed E-state index contributed by atoms with van der Waals surface area (Å²) in [7, 11) is 0. The molecule has 1 aromatic carbocycles. The molecular weight excluding hydrogens is 254 g/mol. The van der Waals surface area contributed by atoms with Crippen molar-refractivity contribution in [1.29, 1.82) is 0 Å². The molecule has 0 fully saturated rings. The lowest BCUT2D eigenvalue weighted by Gasteiger charge is -2.24. The van der Waals surface area contributed by atoms with Crippen LogP contribution in [-0.4, -0.2) is 27.6 Å². The van der Waals surface area contributed by atoms with E-state index >= 15 is 0 Å². The molecule has 0 aliphatic carbocycles. The van der Waals surface area contributed by atoms with Gasteiger partial charge >= 0.3 is 0 Å². The normalized spacial score (nSPS) is 13.7. The highest BCUT2D eigenvalue weighted by atomic mass is 16.2. The summed E-state index contributed by atoms with van der Waals surface area (Å²) in [6.07, 6.45) is 3.00. The van der Waals surface area contributed by atoms with Gasteiger partial charge in [-0.3, -0.25) is 9.89 Å². The van der Waals surface area contributed by atoms with Crippen molar-refractivity contribution in [3.05, 3.63) is 48.0 Å². The minimum Gasteiger partial charge on any atom is -0.354 e. The van der Waals surface area contributed by atoms with Crippen LogP contribution >= 0.6 is 0 Å². The maximum absolute atomic E-state index is 12.2. The molecule has 0 bridgehead atoms. The van der Waals surface area contributed by atoms with Gasteiger partial charge in [-0.1, -0.05) is 30.3 Å². The Hall–Kier alpha value is -2.21. The molecule has 1 heterocycles. The van der Waals surface area contributed by atoms with Crippen molar-refractivity contribution in [2.24, 2.45) is 5.73 Å².